The zero-order valence-electron chi connectivity index (χ0n) is 19.2. The molecule has 1 aliphatic rings. The Morgan fingerprint density at radius 1 is 0.973 bits per heavy atom. The molecule has 0 saturated carbocycles. The second-order valence-corrected chi connectivity index (χ2v) is 10.1. The van der Waals surface area contributed by atoms with Crippen molar-refractivity contribution in [2.24, 2.45) is 5.92 Å². The molecule has 0 spiro atoms. The Kier molecular flexibility index (Phi) is 7.42. The summed E-state index contributed by atoms with van der Waals surface area (Å²) < 4.78 is 82.7. The van der Waals surface area contributed by atoms with Gasteiger partial charge in [0.1, 0.15) is 22.2 Å². The number of para-hydroxylation sites is 1. The number of phenols is 1. The van der Waals surface area contributed by atoms with Crippen LogP contribution < -0.4 is 14.4 Å². The first-order valence-electron chi connectivity index (χ1n) is 11.2. The van der Waals surface area contributed by atoms with Crippen LogP contribution in [0.3, 0.4) is 0 Å². The quantitative estimate of drug-likeness (QED) is 0.230. The fourth-order valence-corrected chi connectivity index (χ4v) is 5.46. The number of β-lactam (4-membered cyclic amide) rings is 1. The van der Waals surface area contributed by atoms with Gasteiger partial charge in [0.2, 0.25) is 15.9 Å². The fraction of sp³-hybridized carbons (Fsp3) is 0.240. The summed E-state index contributed by atoms with van der Waals surface area (Å²) in [6.45, 7) is -0.134. The third kappa shape index (κ3) is 6.03. The molecule has 2 N–H and O–H groups in total. The van der Waals surface area contributed by atoms with Gasteiger partial charge >= 0.3 is 6.36 Å². The minimum absolute atomic E-state index is 0.0449. The summed E-state index contributed by atoms with van der Waals surface area (Å²) in [5.41, 5.74) is 1.22. The van der Waals surface area contributed by atoms with Gasteiger partial charge in [-0.1, -0.05) is 24.3 Å². The lowest BCUT2D eigenvalue weighted by atomic mass is 9.79. The Hall–Kier alpha value is -3.64. The Bertz CT molecular complexity index is 1360. The van der Waals surface area contributed by atoms with Crippen molar-refractivity contribution < 1.29 is 40.6 Å². The summed E-state index contributed by atoms with van der Waals surface area (Å²) >= 11 is 0. The molecule has 0 aliphatic carbocycles. The standard InChI is InChI=1S/C25H22F4N2O5S/c26-17-9-11-18(12-10-17)31-23(16-7-13-19(32)14-8-16)20(24(31)33)4-3-15-30-37(34,35)22-6-2-1-5-21(22)36-25(27,28)29/h1-2,5-14,20,23,30,32H,3-4,15H2/t20-,23-/m1/s1. The van der Waals surface area contributed by atoms with Crippen molar-refractivity contribution in [1.29, 1.82) is 0 Å². The number of amides is 1. The van der Waals surface area contributed by atoms with Crippen LogP contribution in [0.2, 0.25) is 0 Å². The molecular weight excluding hydrogens is 516 g/mol. The van der Waals surface area contributed by atoms with Crippen LogP contribution in [0.15, 0.2) is 77.7 Å². The first-order valence-corrected chi connectivity index (χ1v) is 12.7. The van der Waals surface area contributed by atoms with Gasteiger partial charge in [0, 0.05) is 12.2 Å². The van der Waals surface area contributed by atoms with E-state index in [-0.39, 0.29) is 31.0 Å². The summed E-state index contributed by atoms with van der Waals surface area (Å²) in [5, 5.41) is 9.63. The molecule has 37 heavy (non-hydrogen) atoms. The van der Waals surface area contributed by atoms with Gasteiger partial charge < -0.3 is 14.7 Å². The van der Waals surface area contributed by atoms with E-state index >= 15 is 0 Å². The molecule has 1 heterocycles. The first-order chi connectivity index (χ1) is 17.5. The van der Waals surface area contributed by atoms with Crippen LogP contribution in [0.1, 0.15) is 24.4 Å². The molecule has 7 nitrogen and oxygen atoms in total. The van der Waals surface area contributed by atoms with Crippen LogP contribution in [-0.4, -0.2) is 32.3 Å². The number of nitrogens with zero attached hydrogens (tertiary/aromatic N) is 1. The molecule has 4 rings (SSSR count). The molecule has 1 saturated heterocycles. The number of rotatable bonds is 9. The van der Waals surface area contributed by atoms with Crippen molar-refractivity contribution >= 4 is 21.6 Å². The van der Waals surface area contributed by atoms with Crippen molar-refractivity contribution in [3.8, 4) is 11.5 Å². The number of benzene rings is 3. The molecule has 0 aromatic heterocycles. The average Bonchev–Trinajstić information content (AvgIpc) is 2.83. The Balaban J connectivity index is 1.45. The zero-order chi connectivity index (χ0) is 26.8. The maximum absolute atomic E-state index is 13.4. The predicted molar refractivity (Wildman–Crippen MR) is 126 cm³/mol. The van der Waals surface area contributed by atoms with Crippen LogP contribution in [0.25, 0.3) is 0 Å². The highest BCUT2D eigenvalue weighted by Gasteiger charge is 2.48. The number of ether oxygens (including phenoxy) is 1. The molecule has 1 aliphatic heterocycles. The van der Waals surface area contributed by atoms with Crippen LogP contribution >= 0.6 is 0 Å². The highest BCUT2D eigenvalue weighted by molar-refractivity contribution is 7.89. The molecule has 3 aromatic carbocycles. The van der Waals surface area contributed by atoms with E-state index in [1.807, 2.05) is 0 Å². The molecule has 12 heteroatoms. The topological polar surface area (TPSA) is 95.9 Å². The first kappa shape index (κ1) is 26.4. The SMILES string of the molecule is O=C1[C@H](CCCNS(=O)(=O)c2ccccc2OC(F)(F)F)[C@@H](c2ccc(O)cc2)N1c1ccc(F)cc1. The maximum Gasteiger partial charge on any atom is 0.573 e. The van der Waals surface area contributed by atoms with Gasteiger partial charge in [-0.05, 0) is 66.9 Å². The number of aromatic hydroxyl groups is 1. The third-order valence-corrected chi connectivity index (χ3v) is 7.40. The lowest BCUT2D eigenvalue weighted by Gasteiger charge is -2.47. The van der Waals surface area contributed by atoms with Crippen LogP contribution in [0.4, 0.5) is 23.2 Å². The largest absolute Gasteiger partial charge is 0.573 e. The van der Waals surface area contributed by atoms with Gasteiger partial charge in [0.15, 0.2) is 0 Å². The minimum Gasteiger partial charge on any atom is -0.508 e. The lowest BCUT2D eigenvalue weighted by Crippen LogP contribution is -2.55. The van der Waals surface area contributed by atoms with E-state index in [1.165, 1.54) is 53.4 Å². The van der Waals surface area contributed by atoms with E-state index in [4.69, 9.17) is 0 Å². The average molecular weight is 539 g/mol. The molecule has 196 valence electrons. The van der Waals surface area contributed by atoms with Crippen LogP contribution in [0.5, 0.6) is 11.5 Å². The summed E-state index contributed by atoms with van der Waals surface area (Å²) in [5.74, 6) is -2.03. The van der Waals surface area contributed by atoms with E-state index in [1.54, 1.807) is 12.1 Å². The van der Waals surface area contributed by atoms with Crippen molar-refractivity contribution in [1.82, 2.24) is 4.72 Å². The molecule has 3 aromatic rings. The summed E-state index contributed by atoms with van der Waals surface area (Å²) in [6, 6.07) is 15.7. The second-order valence-electron chi connectivity index (χ2n) is 8.36. The van der Waals surface area contributed by atoms with Gasteiger partial charge in [-0.25, -0.2) is 17.5 Å². The lowest BCUT2D eigenvalue weighted by molar-refractivity contribution is -0.275. The van der Waals surface area contributed by atoms with Gasteiger partial charge in [-0.2, -0.15) is 0 Å². The number of hydrogen-bond acceptors (Lipinski definition) is 5. The maximum atomic E-state index is 13.4. The number of carbonyl (C=O) groups excluding carboxylic acids is 1. The van der Waals surface area contributed by atoms with Gasteiger partial charge in [-0.3, -0.25) is 4.79 Å². The van der Waals surface area contributed by atoms with Gasteiger partial charge in [-0.15, -0.1) is 13.2 Å². The molecule has 0 bridgehead atoms. The van der Waals surface area contributed by atoms with Gasteiger partial charge in [0.05, 0.1) is 12.0 Å². The van der Waals surface area contributed by atoms with Crippen molar-refractivity contribution in [3.05, 3.63) is 84.2 Å². The number of halogens is 4. The zero-order valence-corrected chi connectivity index (χ0v) is 20.0. The molecular formula is C25H22F4N2O5S. The summed E-state index contributed by atoms with van der Waals surface area (Å²) in [6.07, 6.45) is -4.58. The number of hydrogen-bond donors (Lipinski definition) is 2. The molecule has 0 unspecified atom stereocenters. The van der Waals surface area contributed by atoms with E-state index in [9.17, 15) is 35.9 Å². The fourth-order valence-electron chi connectivity index (χ4n) is 4.26. The van der Waals surface area contributed by atoms with Crippen molar-refractivity contribution in [2.45, 2.75) is 30.1 Å². The van der Waals surface area contributed by atoms with E-state index in [0.29, 0.717) is 5.69 Å². The number of sulfonamides is 1. The predicted octanol–water partition coefficient (Wildman–Crippen LogP) is 4.89. The van der Waals surface area contributed by atoms with E-state index in [2.05, 4.69) is 9.46 Å². The van der Waals surface area contributed by atoms with Crippen molar-refractivity contribution in [3.63, 3.8) is 0 Å². The van der Waals surface area contributed by atoms with Crippen LogP contribution in [0, 0.1) is 11.7 Å². The molecule has 1 amide bonds. The van der Waals surface area contributed by atoms with Gasteiger partial charge in [0.25, 0.3) is 0 Å². The number of alkyl halides is 3. The normalized spacial score (nSPS) is 17.9. The number of phenolic OH excluding ortho intramolecular Hbond substituents is 1. The molecule has 1 fully saturated rings. The summed E-state index contributed by atoms with van der Waals surface area (Å²) in [4.78, 5) is 13.9. The Morgan fingerprint density at radius 3 is 2.27 bits per heavy atom. The number of anilines is 1. The number of carbonyl (C=O) groups is 1. The number of nitrogens with one attached hydrogen (secondary N) is 1. The van der Waals surface area contributed by atoms with E-state index in [0.717, 1.165) is 17.7 Å². The second kappa shape index (κ2) is 10.4. The molecule has 2 atom stereocenters. The van der Waals surface area contributed by atoms with Crippen LogP contribution in [-0.2, 0) is 14.8 Å². The monoisotopic (exact) mass is 538 g/mol. The highest BCUT2D eigenvalue weighted by Crippen LogP contribution is 2.45. The smallest absolute Gasteiger partial charge is 0.508 e. The highest BCUT2D eigenvalue weighted by atomic mass is 32.2. The van der Waals surface area contributed by atoms with Crippen molar-refractivity contribution in [2.75, 3.05) is 11.4 Å². The molecule has 0 radical (unpaired) electrons. The Labute approximate surface area is 210 Å². The van der Waals surface area contributed by atoms with E-state index < -0.39 is 44.8 Å². The summed E-state index contributed by atoms with van der Waals surface area (Å²) in [7, 11) is -4.33. The Morgan fingerprint density at radius 2 is 1.62 bits per heavy atom. The third-order valence-electron chi connectivity index (χ3n) is 5.90. The minimum atomic E-state index is -5.06.